The summed E-state index contributed by atoms with van der Waals surface area (Å²) in [4.78, 5) is 16.0. The summed E-state index contributed by atoms with van der Waals surface area (Å²) < 4.78 is 11.8. The number of amides is 1. The van der Waals surface area contributed by atoms with Crippen molar-refractivity contribution in [1.82, 2.24) is 10.6 Å². The van der Waals surface area contributed by atoms with Gasteiger partial charge in [-0.25, -0.2) is 4.99 Å². The molecule has 0 aliphatic carbocycles. The normalized spacial score (nSPS) is 14.6. The molecule has 0 fully saturated rings. The van der Waals surface area contributed by atoms with Crippen LogP contribution in [0.2, 0.25) is 0 Å². The molecule has 0 spiro atoms. The zero-order valence-electron chi connectivity index (χ0n) is 19.2. The van der Waals surface area contributed by atoms with Crippen molar-refractivity contribution in [2.24, 2.45) is 4.99 Å². The van der Waals surface area contributed by atoms with Crippen LogP contribution in [0.1, 0.15) is 44.4 Å². The highest BCUT2D eigenvalue weighted by Gasteiger charge is 2.21. The van der Waals surface area contributed by atoms with Crippen LogP contribution in [-0.4, -0.2) is 31.1 Å². The van der Waals surface area contributed by atoms with Gasteiger partial charge in [-0.3, -0.25) is 4.79 Å². The fourth-order valence-electron chi connectivity index (χ4n) is 3.55. The molecular weight excluding hydrogens is 519 g/mol. The van der Waals surface area contributed by atoms with Crippen molar-refractivity contribution >= 4 is 41.5 Å². The van der Waals surface area contributed by atoms with E-state index in [2.05, 4.69) is 40.0 Å². The average molecular weight is 552 g/mol. The van der Waals surface area contributed by atoms with Crippen LogP contribution in [0.25, 0.3) is 0 Å². The van der Waals surface area contributed by atoms with Crippen LogP contribution in [0.4, 0.5) is 5.69 Å². The lowest BCUT2D eigenvalue weighted by atomic mass is 10.1. The molecule has 3 rings (SSSR count). The van der Waals surface area contributed by atoms with Crippen LogP contribution in [-0.2, 0) is 24.3 Å². The molecule has 32 heavy (non-hydrogen) atoms. The minimum atomic E-state index is -0.0894. The van der Waals surface area contributed by atoms with Gasteiger partial charge in [0.25, 0.3) is 0 Å². The van der Waals surface area contributed by atoms with Crippen molar-refractivity contribution in [1.29, 1.82) is 0 Å². The molecule has 3 N–H and O–H groups in total. The zero-order valence-corrected chi connectivity index (χ0v) is 21.5. The van der Waals surface area contributed by atoms with Crippen molar-refractivity contribution < 1.29 is 14.3 Å². The molecule has 1 aliphatic rings. The number of carbonyl (C=O) groups excluding carboxylic acids is 1. The third-order valence-electron chi connectivity index (χ3n) is 4.84. The molecule has 0 bridgehead atoms. The van der Waals surface area contributed by atoms with Gasteiger partial charge >= 0.3 is 0 Å². The van der Waals surface area contributed by atoms with E-state index in [1.165, 1.54) is 12.5 Å². The summed E-state index contributed by atoms with van der Waals surface area (Å²) in [5.74, 6) is 2.44. The third kappa shape index (κ3) is 7.29. The Morgan fingerprint density at radius 2 is 2.03 bits per heavy atom. The fourth-order valence-corrected chi connectivity index (χ4v) is 3.55. The van der Waals surface area contributed by atoms with E-state index in [0.717, 1.165) is 41.3 Å². The summed E-state index contributed by atoms with van der Waals surface area (Å²) in [7, 11) is 0. The summed E-state index contributed by atoms with van der Waals surface area (Å²) in [6, 6.07) is 11.9. The first-order valence-corrected chi connectivity index (χ1v) is 10.8. The highest BCUT2D eigenvalue weighted by atomic mass is 127. The number of benzene rings is 2. The highest BCUT2D eigenvalue weighted by molar-refractivity contribution is 14.0. The minimum Gasteiger partial charge on any atom is -0.494 e. The lowest BCUT2D eigenvalue weighted by molar-refractivity contribution is -0.114. The second-order valence-electron chi connectivity index (χ2n) is 7.56. The van der Waals surface area contributed by atoms with E-state index in [9.17, 15) is 4.79 Å². The largest absolute Gasteiger partial charge is 0.494 e. The summed E-state index contributed by atoms with van der Waals surface area (Å²) in [5.41, 5.74) is 4.01. The van der Waals surface area contributed by atoms with Crippen molar-refractivity contribution in [3.63, 3.8) is 0 Å². The molecule has 8 heteroatoms. The lowest BCUT2D eigenvalue weighted by Gasteiger charge is -2.15. The second kappa shape index (κ2) is 12.5. The smallest absolute Gasteiger partial charge is 0.221 e. The summed E-state index contributed by atoms with van der Waals surface area (Å²) in [6.07, 6.45) is 1.10. The Labute approximate surface area is 207 Å². The molecule has 0 saturated heterocycles. The molecule has 1 aliphatic heterocycles. The quantitative estimate of drug-likeness (QED) is 0.259. The van der Waals surface area contributed by atoms with Crippen LogP contribution in [0.5, 0.6) is 11.5 Å². The van der Waals surface area contributed by atoms with Crippen LogP contribution < -0.4 is 25.4 Å². The molecule has 1 atom stereocenters. The molecule has 0 radical (unpaired) electrons. The SMILES string of the molecule is CCNC(=NCc1cccc(NC(C)=O)c1)NCc1cc2c(cc1OCC)CC(C)O2.I. The van der Waals surface area contributed by atoms with E-state index in [0.29, 0.717) is 25.7 Å². The van der Waals surface area contributed by atoms with Gasteiger partial charge in [-0.05, 0) is 50.6 Å². The van der Waals surface area contributed by atoms with E-state index in [1.807, 2.05) is 38.1 Å². The number of hydrogen-bond donors (Lipinski definition) is 3. The predicted molar refractivity (Wildman–Crippen MR) is 139 cm³/mol. The van der Waals surface area contributed by atoms with Crippen LogP contribution in [0.3, 0.4) is 0 Å². The number of aliphatic imine (C=N–C) groups is 1. The number of nitrogens with one attached hydrogen (secondary N) is 3. The summed E-state index contributed by atoms with van der Waals surface area (Å²) in [5, 5.41) is 9.47. The van der Waals surface area contributed by atoms with Crippen molar-refractivity contribution in [2.45, 2.75) is 53.3 Å². The first-order valence-electron chi connectivity index (χ1n) is 10.8. The van der Waals surface area contributed by atoms with Crippen molar-refractivity contribution in [2.75, 3.05) is 18.5 Å². The number of fused-ring (bicyclic) bond motifs is 1. The number of guanidine groups is 1. The molecule has 2 aromatic carbocycles. The van der Waals surface area contributed by atoms with Gasteiger partial charge in [0.05, 0.1) is 13.2 Å². The third-order valence-corrected chi connectivity index (χ3v) is 4.84. The molecule has 0 aromatic heterocycles. The van der Waals surface area contributed by atoms with Gasteiger partial charge < -0.3 is 25.4 Å². The zero-order chi connectivity index (χ0) is 22.2. The van der Waals surface area contributed by atoms with Crippen LogP contribution in [0.15, 0.2) is 41.4 Å². The Hall–Kier alpha value is -2.49. The minimum absolute atomic E-state index is 0. The predicted octanol–water partition coefficient (Wildman–Crippen LogP) is 4.24. The van der Waals surface area contributed by atoms with Gasteiger partial charge in [0, 0.05) is 43.2 Å². The number of rotatable bonds is 8. The second-order valence-corrected chi connectivity index (χ2v) is 7.56. The maximum atomic E-state index is 11.3. The number of nitrogens with zero attached hydrogens (tertiary/aromatic N) is 1. The first-order chi connectivity index (χ1) is 15.0. The Kier molecular flexibility index (Phi) is 10.1. The average Bonchev–Trinajstić information content (AvgIpc) is 3.08. The van der Waals surface area contributed by atoms with Crippen molar-refractivity contribution in [3.8, 4) is 11.5 Å². The monoisotopic (exact) mass is 552 g/mol. The number of ether oxygens (including phenoxy) is 2. The number of hydrogen-bond acceptors (Lipinski definition) is 4. The molecule has 0 saturated carbocycles. The van der Waals surface area contributed by atoms with E-state index in [4.69, 9.17) is 9.47 Å². The Morgan fingerprint density at radius 3 is 2.75 bits per heavy atom. The highest BCUT2D eigenvalue weighted by Crippen LogP contribution is 2.35. The fraction of sp³-hybridized carbons (Fsp3) is 0.417. The number of halogens is 1. The Balaban J connectivity index is 0.00000363. The van der Waals surface area contributed by atoms with Crippen molar-refractivity contribution in [3.05, 3.63) is 53.1 Å². The van der Waals surface area contributed by atoms with Gasteiger partial charge in [0.2, 0.25) is 5.91 Å². The van der Waals surface area contributed by atoms with E-state index < -0.39 is 0 Å². The first kappa shape index (κ1) is 25.8. The maximum absolute atomic E-state index is 11.3. The van der Waals surface area contributed by atoms with Gasteiger partial charge in [0.1, 0.15) is 17.6 Å². The molecule has 174 valence electrons. The van der Waals surface area contributed by atoms with Gasteiger partial charge in [-0.2, -0.15) is 0 Å². The standard InChI is InChI=1S/C24H32N4O3.HI/c1-5-25-24(26-14-18-8-7-9-21(11-18)28-17(4)29)27-15-20-13-23-19(10-16(3)31-23)12-22(20)30-6-2;/h7-9,11-13,16H,5-6,10,14-15H2,1-4H3,(H,28,29)(H2,25,26,27);1H. The Bertz CT molecular complexity index is 949. The van der Waals surface area contributed by atoms with Gasteiger partial charge in [-0.1, -0.05) is 12.1 Å². The van der Waals surface area contributed by atoms with E-state index in [1.54, 1.807) is 0 Å². The maximum Gasteiger partial charge on any atom is 0.221 e. The number of carbonyl (C=O) groups is 1. The summed E-state index contributed by atoms with van der Waals surface area (Å²) >= 11 is 0. The van der Waals surface area contributed by atoms with E-state index in [-0.39, 0.29) is 36.0 Å². The van der Waals surface area contributed by atoms with Crippen LogP contribution >= 0.6 is 24.0 Å². The molecular formula is C24H33IN4O3. The molecule has 2 aromatic rings. The lowest BCUT2D eigenvalue weighted by Crippen LogP contribution is -2.36. The Morgan fingerprint density at radius 1 is 1.22 bits per heavy atom. The van der Waals surface area contributed by atoms with Gasteiger partial charge in [0.15, 0.2) is 5.96 Å². The number of anilines is 1. The van der Waals surface area contributed by atoms with E-state index >= 15 is 0 Å². The summed E-state index contributed by atoms with van der Waals surface area (Å²) in [6.45, 7) is 10.0. The molecule has 1 unspecified atom stereocenters. The molecule has 1 amide bonds. The molecule has 1 heterocycles. The topological polar surface area (TPSA) is 84.0 Å². The van der Waals surface area contributed by atoms with Crippen LogP contribution in [0, 0.1) is 0 Å². The molecule has 7 nitrogen and oxygen atoms in total. The van der Waals surface area contributed by atoms with Gasteiger partial charge in [-0.15, -0.1) is 24.0 Å².